The molecule has 7 heteroatoms. The second-order valence-corrected chi connectivity index (χ2v) is 6.81. The third-order valence-corrected chi connectivity index (χ3v) is 4.85. The summed E-state index contributed by atoms with van der Waals surface area (Å²) in [6.07, 6.45) is 7.72. The van der Waals surface area contributed by atoms with E-state index in [0.717, 1.165) is 29.8 Å². The minimum absolute atomic E-state index is 0.152. The van der Waals surface area contributed by atoms with Gasteiger partial charge in [0.2, 0.25) is 5.28 Å². The minimum atomic E-state index is 0.152. The summed E-state index contributed by atoms with van der Waals surface area (Å²) in [7, 11) is 3.43. The molecule has 3 rings (SSSR count). The van der Waals surface area contributed by atoms with Crippen LogP contribution >= 0.6 is 11.6 Å². The predicted molar refractivity (Wildman–Crippen MR) is 109 cm³/mol. The lowest BCUT2D eigenvalue weighted by atomic mass is 9.98. The molecule has 2 N–H and O–H groups in total. The number of hydrogen-bond acceptors (Lipinski definition) is 6. The van der Waals surface area contributed by atoms with Crippen molar-refractivity contribution in [2.75, 3.05) is 19.5 Å². The lowest BCUT2D eigenvalue weighted by Crippen LogP contribution is -2.20. The number of hydrogen-bond donors (Lipinski definition) is 2. The maximum Gasteiger partial charge on any atom is 0.224 e. The first-order valence-electron chi connectivity index (χ1n) is 9.12. The molecule has 0 aliphatic heterocycles. The van der Waals surface area contributed by atoms with Gasteiger partial charge < -0.3 is 20.1 Å². The van der Waals surface area contributed by atoms with Crippen molar-refractivity contribution in [2.24, 2.45) is 0 Å². The molecule has 6 nitrogen and oxygen atoms in total. The van der Waals surface area contributed by atoms with Gasteiger partial charge in [-0.25, -0.2) is 4.98 Å². The summed E-state index contributed by atoms with van der Waals surface area (Å²) in [6.45, 7) is 3.98. The summed E-state index contributed by atoms with van der Waals surface area (Å²) >= 11 is 6.00. The van der Waals surface area contributed by atoms with Crippen molar-refractivity contribution in [3.63, 3.8) is 0 Å². The van der Waals surface area contributed by atoms with Crippen molar-refractivity contribution >= 4 is 28.8 Å². The zero-order valence-electron chi connectivity index (χ0n) is 15.7. The van der Waals surface area contributed by atoms with Crippen LogP contribution in [0.2, 0.25) is 5.28 Å². The maximum atomic E-state index is 6.22. The van der Waals surface area contributed by atoms with Crippen LogP contribution in [0.15, 0.2) is 31.0 Å². The first kappa shape index (κ1) is 19.3. The molecule has 0 radical (unpaired) electrons. The zero-order valence-corrected chi connectivity index (χ0v) is 16.5. The van der Waals surface area contributed by atoms with E-state index in [9.17, 15) is 0 Å². The number of halogens is 1. The summed E-state index contributed by atoms with van der Waals surface area (Å²) in [5.74, 6) is 1.91. The second-order valence-electron chi connectivity index (χ2n) is 6.47. The number of nitrogens with one attached hydrogen (secondary N) is 2. The van der Waals surface area contributed by atoms with Crippen molar-refractivity contribution in [2.45, 2.75) is 38.2 Å². The van der Waals surface area contributed by atoms with Crippen LogP contribution < -0.4 is 20.1 Å². The van der Waals surface area contributed by atoms with Gasteiger partial charge in [-0.1, -0.05) is 19.1 Å². The van der Waals surface area contributed by atoms with E-state index in [0.29, 0.717) is 17.3 Å². The Balaban J connectivity index is 1.90. The van der Waals surface area contributed by atoms with E-state index in [1.165, 1.54) is 19.3 Å². The highest BCUT2D eigenvalue weighted by molar-refractivity contribution is 6.28. The van der Waals surface area contributed by atoms with Crippen molar-refractivity contribution < 1.29 is 9.47 Å². The highest BCUT2D eigenvalue weighted by Gasteiger charge is 2.19. The average molecular weight is 389 g/mol. The smallest absolute Gasteiger partial charge is 0.224 e. The standard InChI is InChI=1S/C20H25ClN4O2/c1-13(22-2)15-12-23-20(21)25-19(15)24-16-10-7-11-17(18(16)26-3)27-14-8-5-4-6-9-14/h7,10-12,14,22H,1,4-6,8-9H2,2-3H3,(H,23,24,25). The Bertz CT molecular complexity index is 807. The minimum Gasteiger partial charge on any atom is -0.491 e. The van der Waals surface area contributed by atoms with Crippen molar-refractivity contribution in [3.8, 4) is 11.5 Å². The van der Waals surface area contributed by atoms with Crippen molar-refractivity contribution in [3.05, 3.63) is 41.8 Å². The van der Waals surface area contributed by atoms with Crippen LogP contribution in [0.4, 0.5) is 11.5 Å². The molecule has 1 fully saturated rings. The quantitative estimate of drug-likeness (QED) is 0.665. The molecular weight excluding hydrogens is 364 g/mol. The van der Waals surface area contributed by atoms with Gasteiger partial charge in [0.15, 0.2) is 11.5 Å². The highest BCUT2D eigenvalue weighted by Crippen LogP contribution is 2.39. The van der Waals surface area contributed by atoms with Gasteiger partial charge in [0.1, 0.15) is 5.82 Å². The number of methoxy groups -OCH3 is 1. The lowest BCUT2D eigenvalue weighted by molar-refractivity contribution is 0.150. The molecule has 0 saturated heterocycles. The van der Waals surface area contributed by atoms with Gasteiger partial charge in [-0.2, -0.15) is 4.98 Å². The number of anilines is 2. The Morgan fingerprint density at radius 3 is 2.74 bits per heavy atom. The molecule has 2 aromatic rings. The largest absolute Gasteiger partial charge is 0.491 e. The first-order valence-corrected chi connectivity index (χ1v) is 9.50. The molecule has 0 bridgehead atoms. The SMILES string of the molecule is C=C(NC)c1cnc(Cl)nc1Nc1cccc(OC2CCCCC2)c1OC. The number of para-hydroxylation sites is 1. The summed E-state index contributed by atoms with van der Waals surface area (Å²) in [4.78, 5) is 8.35. The second kappa shape index (κ2) is 8.95. The maximum absolute atomic E-state index is 6.22. The van der Waals surface area contributed by atoms with E-state index in [1.54, 1.807) is 20.4 Å². The van der Waals surface area contributed by atoms with E-state index in [2.05, 4.69) is 27.2 Å². The van der Waals surface area contributed by atoms with Gasteiger partial charge in [0.05, 0.1) is 24.5 Å². The molecule has 0 spiro atoms. The van der Waals surface area contributed by atoms with Crippen LogP contribution in [0, 0.1) is 0 Å². The van der Waals surface area contributed by atoms with Gasteiger partial charge in [-0.05, 0) is 49.4 Å². The Kier molecular flexibility index (Phi) is 6.40. The van der Waals surface area contributed by atoms with Crippen LogP contribution in [0.3, 0.4) is 0 Å². The van der Waals surface area contributed by atoms with Crippen LogP contribution in [0.1, 0.15) is 37.7 Å². The molecule has 0 amide bonds. The molecule has 1 heterocycles. The van der Waals surface area contributed by atoms with Gasteiger partial charge in [0, 0.05) is 18.9 Å². The normalized spacial score (nSPS) is 14.5. The molecule has 1 saturated carbocycles. The van der Waals surface area contributed by atoms with E-state index in [-0.39, 0.29) is 11.4 Å². The molecule has 1 aromatic heterocycles. The van der Waals surface area contributed by atoms with Gasteiger partial charge in [-0.15, -0.1) is 0 Å². The van der Waals surface area contributed by atoms with Crippen LogP contribution in [0.25, 0.3) is 5.70 Å². The van der Waals surface area contributed by atoms with E-state index >= 15 is 0 Å². The molecule has 1 aliphatic rings. The summed E-state index contributed by atoms with van der Waals surface area (Å²) in [5, 5.41) is 6.44. The Labute approximate surface area is 165 Å². The monoisotopic (exact) mass is 388 g/mol. The summed E-state index contributed by atoms with van der Waals surface area (Å²) in [5.41, 5.74) is 2.15. The Morgan fingerprint density at radius 1 is 1.26 bits per heavy atom. The van der Waals surface area contributed by atoms with Gasteiger partial charge >= 0.3 is 0 Å². The lowest BCUT2D eigenvalue weighted by Gasteiger charge is -2.25. The highest BCUT2D eigenvalue weighted by atomic mass is 35.5. The fraction of sp³-hybridized carbons (Fsp3) is 0.400. The van der Waals surface area contributed by atoms with Gasteiger partial charge in [0.25, 0.3) is 0 Å². The Morgan fingerprint density at radius 2 is 2.04 bits per heavy atom. The third-order valence-electron chi connectivity index (χ3n) is 4.67. The number of benzene rings is 1. The summed E-state index contributed by atoms with van der Waals surface area (Å²) < 4.78 is 11.9. The topological polar surface area (TPSA) is 68.3 Å². The van der Waals surface area contributed by atoms with Crippen LogP contribution in [-0.4, -0.2) is 30.2 Å². The molecule has 0 unspecified atom stereocenters. The number of rotatable bonds is 7. The molecular formula is C20H25ClN4O2. The zero-order chi connectivity index (χ0) is 19.2. The molecule has 27 heavy (non-hydrogen) atoms. The number of ether oxygens (including phenoxy) is 2. The van der Waals surface area contributed by atoms with E-state index in [1.807, 2.05) is 18.2 Å². The molecule has 0 atom stereocenters. The summed E-state index contributed by atoms with van der Waals surface area (Å²) in [6, 6.07) is 5.77. The number of aromatic nitrogens is 2. The Hall–Kier alpha value is -2.47. The fourth-order valence-corrected chi connectivity index (χ4v) is 3.35. The fourth-order valence-electron chi connectivity index (χ4n) is 3.22. The van der Waals surface area contributed by atoms with Crippen molar-refractivity contribution in [1.82, 2.24) is 15.3 Å². The first-order chi connectivity index (χ1) is 13.1. The van der Waals surface area contributed by atoms with Gasteiger partial charge in [-0.3, -0.25) is 0 Å². The molecule has 1 aromatic carbocycles. The molecule has 1 aliphatic carbocycles. The third kappa shape index (κ3) is 4.63. The predicted octanol–water partition coefficient (Wildman–Crippen LogP) is 4.78. The van der Waals surface area contributed by atoms with Crippen LogP contribution in [-0.2, 0) is 0 Å². The molecule has 144 valence electrons. The van der Waals surface area contributed by atoms with Crippen molar-refractivity contribution in [1.29, 1.82) is 0 Å². The van der Waals surface area contributed by atoms with E-state index in [4.69, 9.17) is 21.1 Å². The van der Waals surface area contributed by atoms with Crippen LogP contribution in [0.5, 0.6) is 11.5 Å². The van der Waals surface area contributed by atoms with E-state index < -0.39 is 0 Å². The number of nitrogens with zero attached hydrogens (tertiary/aromatic N) is 2. The average Bonchev–Trinajstić information content (AvgIpc) is 2.68.